The standard InChI is InChI=1S/C88H58N16O12/c105-65-29-9-5-23-57(65)85(109)101-89-45-49-19-1-13-33-69(49)113-53-39-41-55-63(43-53)82-94-77(55)93-81-64-44-54(114-70-34-14-2-20-50(70)46-90-102-86(110)58-24-6-10-30-66(58)106)40-42-56(64)78(95-81)97-83-76-62(28-18-38-74(76)116-72-36-16-4-22-52(72)48-92-104-88(112)60-26-8-12-32-68(60)108)80(99-83)100-84-75-61(79(96-82)98-84)27-17-37-73(75)115-71-35-15-3-21-51(71)47-91-103-87(111)59-25-7-11-31-67(59)107/h1-48,105-108H,(H,101,109)(H,102,110)(H,103,111)(H,104,112)(H2,93,94,95,96,97,98,99,100)/b89-45+,90-46+,91-47+,92-48+. The number of aromatic hydroxyl groups is 4. The van der Waals surface area contributed by atoms with Gasteiger partial charge in [-0.15, -0.1) is 0 Å². The van der Waals surface area contributed by atoms with E-state index in [1.54, 1.807) is 200 Å². The summed E-state index contributed by atoms with van der Waals surface area (Å²) in [4.78, 5) is 91.6. The van der Waals surface area contributed by atoms with Crippen LogP contribution in [0, 0.1) is 0 Å². The zero-order valence-electron chi connectivity index (χ0n) is 60.2. The van der Waals surface area contributed by atoms with Gasteiger partial charge in [-0.2, -0.15) is 20.4 Å². The van der Waals surface area contributed by atoms with Crippen molar-refractivity contribution in [1.82, 2.24) is 61.6 Å². The Morgan fingerprint density at radius 1 is 0.293 bits per heavy atom. The van der Waals surface area contributed by atoms with Gasteiger partial charge in [0.25, 0.3) is 23.6 Å². The molecule has 5 heterocycles. The molecule has 10 N–H and O–H groups in total. The number of aromatic amines is 2. The van der Waals surface area contributed by atoms with Crippen molar-refractivity contribution in [2.75, 3.05) is 0 Å². The predicted octanol–water partition coefficient (Wildman–Crippen LogP) is 15.9. The largest absolute Gasteiger partial charge is 0.507 e. The number of aromatic nitrogens is 8. The first-order valence-corrected chi connectivity index (χ1v) is 35.7. The van der Waals surface area contributed by atoms with Crippen molar-refractivity contribution in [3.8, 4) is 115 Å². The number of nitrogens with one attached hydrogen (secondary N) is 6. The van der Waals surface area contributed by atoms with Crippen molar-refractivity contribution in [2.24, 2.45) is 20.4 Å². The van der Waals surface area contributed by atoms with Crippen LogP contribution in [0.25, 0.3) is 89.7 Å². The second-order valence-electron chi connectivity index (χ2n) is 25.8. The highest BCUT2D eigenvalue weighted by Gasteiger charge is 2.28. The van der Waals surface area contributed by atoms with Crippen molar-refractivity contribution < 1.29 is 58.6 Å². The molecule has 116 heavy (non-hydrogen) atoms. The molecule has 4 amide bonds. The van der Waals surface area contributed by atoms with Gasteiger partial charge in [-0.1, -0.05) is 121 Å². The SMILES string of the molecule is O=C(N/N=C/c1ccccc1Oc1ccc2c(c1)-c1nc-2nc2[nH]c(nc3nc(nc4[nH]c(n1)c1ccc(Oc5ccccc5/C=N/NC(=O)c5ccccc5O)cc41)-c1cccc(Oc4ccccc4/C=N/NC(=O)c4ccccc4O)c1-3)c1cccc(Oc3ccccc3/C=N/NC(=O)c3ccccc3O)c21)c1ccccc1O. The number of carbonyl (C=O) groups excluding carboxylic acids is 4. The number of para-hydroxylation sites is 8. The fourth-order valence-corrected chi connectivity index (χ4v) is 12.8. The van der Waals surface area contributed by atoms with Crippen molar-refractivity contribution in [3.63, 3.8) is 0 Å². The Balaban J connectivity index is 0.832. The molecule has 0 radical (unpaired) electrons. The number of phenols is 4. The molecule has 3 aromatic heterocycles. The molecule has 0 saturated heterocycles. The van der Waals surface area contributed by atoms with Crippen molar-refractivity contribution >= 4 is 92.6 Å². The van der Waals surface area contributed by atoms with E-state index in [0.717, 1.165) is 0 Å². The number of benzene rings is 12. The molecular formula is C88H58N16O12. The molecule has 28 heteroatoms. The number of rotatable bonds is 20. The third-order valence-corrected chi connectivity index (χ3v) is 18.4. The van der Waals surface area contributed by atoms with Crippen LogP contribution < -0.4 is 40.7 Å². The summed E-state index contributed by atoms with van der Waals surface area (Å²) in [6, 6.07) is 74.1. The van der Waals surface area contributed by atoms with E-state index in [2.05, 4.69) is 52.1 Å². The lowest BCUT2D eigenvalue weighted by Gasteiger charge is -2.12. The van der Waals surface area contributed by atoms with E-state index in [-0.39, 0.29) is 96.9 Å². The molecule has 0 saturated carbocycles. The maximum Gasteiger partial charge on any atom is 0.275 e. The van der Waals surface area contributed by atoms with E-state index in [9.17, 15) is 39.6 Å². The average Bonchev–Trinajstić information content (AvgIpc) is 1.59. The molecule has 562 valence electrons. The summed E-state index contributed by atoms with van der Waals surface area (Å²) in [6.07, 6.45) is 5.68. The minimum atomic E-state index is -0.643. The fourth-order valence-electron chi connectivity index (χ4n) is 12.8. The number of carbonyl (C=O) groups is 4. The molecule has 0 atom stereocenters. The van der Waals surface area contributed by atoms with Crippen LogP contribution in [0.1, 0.15) is 63.7 Å². The number of hydrogen-bond donors (Lipinski definition) is 10. The highest BCUT2D eigenvalue weighted by Crippen LogP contribution is 2.46. The normalized spacial score (nSPS) is 11.6. The maximum absolute atomic E-state index is 13.2. The lowest BCUT2D eigenvalue weighted by Crippen LogP contribution is -2.17. The molecule has 8 bridgehead atoms. The number of ether oxygens (including phenoxy) is 4. The Labute approximate surface area is 655 Å². The first kappa shape index (κ1) is 71.9. The number of phenolic OH excluding ortho intramolecular Hbond substituents is 4. The van der Waals surface area contributed by atoms with Crippen LogP contribution in [0.15, 0.2) is 287 Å². The second kappa shape index (κ2) is 31.5. The first-order chi connectivity index (χ1) is 56.8. The zero-order valence-corrected chi connectivity index (χ0v) is 60.2. The second-order valence-corrected chi connectivity index (χ2v) is 25.8. The van der Waals surface area contributed by atoms with Crippen molar-refractivity contribution in [1.29, 1.82) is 0 Å². The Hall–Kier alpha value is -17.0. The summed E-state index contributed by atoms with van der Waals surface area (Å²) in [5.41, 5.74) is 14.8. The Morgan fingerprint density at radius 2 is 0.647 bits per heavy atom. The van der Waals surface area contributed by atoms with E-state index in [4.69, 9.17) is 48.9 Å². The van der Waals surface area contributed by atoms with E-state index in [1.807, 2.05) is 18.2 Å². The molecule has 0 unspecified atom stereocenters. The number of H-pyrrole nitrogens is 2. The van der Waals surface area contributed by atoms with Gasteiger partial charge in [-0.05, 0) is 146 Å². The molecule has 0 fully saturated rings. The van der Waals surface area contributed by atoms with Gasteiger partial charge in [-0.25, -0.2) is 51.6 Å². The molecule has 0 aliphatic carbocycles. The lowest BCUT2D eigenvalue weighted by atomic mass is 10.1. The smallest absolute Gasteiger partial charge is 0.275 e. The number of hydrogen-bond acceptors (Lipinski definition) is 22. The summed E-state index contributed by atoms with van der Waals surface area (Å²) in [5.74, 6) is -0.0953. The molecule has 0 spiro atoms. The monoisotopic (exact) mass is 1530 g/mol. The highest BCUT2D eigenvalue weighted by atomic mass is 16.5. The van der Waals surface area contributed by atoms with Crippen LogP contribution in [0.3, 0.4) is 0 Å². The van der Waals surface area contributed by atoms with Gasteiger partial charge in [0.15, 0.2) is 23.3 Å². The molecule has 15 aromatic rings. The Kier molecular flexibility index (Phi) is 19.5. The van der Waals surface area contributed by atoms with Gasteiger partial charge in [0.2, 0.25) is 0 Å². The number of nitrogens with zero attached hydrogens (tertiary/aromatic N) is 10. The maximum atomic E-state index is 13.2. The van der Waals surface area contributed by atoms with Crippen LogP contribution in [0.2, 0.25) is 0 Å². The van der Waals surface area contributed by atoms with Crippen LogP contribution in [0.5, 0.6) is 69.0 Å². The topological polar surface area (TPSA) is 393 Å². The van der Waals surface area contributed by atoms with Crippen molar-refractivity contribution in [2.45, 2.75) is 0 Å². The van der Waals surface area contributed by atoms with E-state index < -0.39 is 23.6 Å². The van der Waals surface area contributed by atoms with Gasteiger partial charge in [0.05, 0.1) is 58.1 Å². The van der Waals surface area contributed by atoms with Crippen molar-refractivity contribution in [3.05, 3.63) is 311 Å². The molecule has 12 aromatic carbocycles. The minimum Gasteiger partial charge on any atom is -0.507 e. The summed E-state index contributed by atoms with van der Waals surface area (Å²) in [5, 5.41) is 60.5. The number of hydrazone groups is 4. The van der Waals surface area contributed by atoms with E-state index in [0.29, 0.717) is 106 Å². The summed E-state index contributed by atoms with van der Waals surface area (Å²) >= 11 is 0. The summed E-state index contributed by atoms with van der Waals surface area (Å²) in [6.45, 7) is 0. The van der Waals surface area contributed by atoms with E-state index in [1.165, 1.54) is 73.4 Å². The highest BCUT2D eigenvalue weighted by molar-refractivity contribution is 6.10. The Bertz CT molecular complexity index is 6820. The molecule has 17 rings (SSSR count). The zero-order chi connectivity index (χ0) is 79.2. The van der Waals surface area contributed by atoms with Crippen LogP contribution in [0.4, 0.5) is 0 Å². The van der Waals surface area contributed by atoms with Gasteiger partial charge in [-0.3, -0.25) is 19.2 Å². The third-order valence-electron chi connectivity index (χ3n) is 18.4. The van der Waals surface area contributed by atoms with Crippen LogP contribution in [-0.2, 0) is 0 Å². The molecule has 2 aliphatic rings. The number of fused-ring (bicyclic) bond motifs is 20. The number of amides is 4. The van der Waals surface area contributed by atoms with Gasteiger partial charge in [0, 0.05) is 55.1 Å². The van der Waals surface area contributed by atoms with Gasteiger partial charge < -0.3 is 49.3 Å². The molecule has 28 nitrogen and oxygen atoms in total. The Morgan fingerprint density at radius 3 is 1.15 bits per heavy atom. The van der Waals surface area contributed by atoms with E-state index >= 15 is 0 Å². The molecular weight excluding hydrogens is 1470 g/mol. The quantitative estimate of drug-likeness (QED) is 0.0250. The first-order valence-electron chi connectivity index (χ1n) is 35.7. The van der Waals surface area contributed by atoms with Crippen LogP contribution >= 0.6 is 0 Å². The average molecular weight is 1530 g/mol. The van der Waals surface area contributed by atoms with Gasteiger partial charge >= 0.3 is 0 Å². The van der Waals surface area contributed by atoms with Gasteiger partial charge in [0.1, 0.15) is 91.6 Å². The van der Waals surface area contributed by atoms with Crippen LogP contribution in [-0.4, -0.2) is 109 Å². The lowest BCUT2D eigenvalue weighted by molar-refractivity contribution is 0.0944. The summed E-state index contributed by atoms with van der Waals surface area (Å²) < 4.78 is 27.2. The fraction of sp³-hybridized carbons (Fsp3) is 0. The third kappa shape index (κ3) is 14.9. The minimum absolute atomic E-state index is 0.0236. The summed E-state index contributed by atoms with van der Waals surface area (Å²) in [7, 11) is 0. The predicted molar refractivity (Wildman–Crippen MR) is 435 cm³/mol. The molecule has 2 aliphatic heterocycles.